The van der Waals surface area contributed by atoms with Gasteiger partial charge in [-0.2, -0.15) is 0 Å². The van der Waals surface area contributed by atoms with Gasteiger partial charge in [0.2, 0.25) is 16.9 Å². The fraction of sp³-hybridized carbons (Fsp3) is 0.576. The van der Waals surface area contributed by atoms with E-state index in [2.05, 4.69) is 20.8 Å². The highest BCUT2D eigenvalue weighted by Crippen LogP contribution is 2.52. The second-order valence-corrected chi connectivity index (χ2v) is 15.6. The molecule has 6 rings (SSSR count). The van der Waals surface area contributed by atoms with Crippen LogP contribution in [0.1, 0.15) is 60.3 Å². The molecule has 1 saturated heterocycles. The summed E-state index contributed by atoms with van der Waals surface area (Å²) in [6, 6.07) is 3.51. The number of ether oxygens (including phenoxy) is 3. The highest BCUT2D eigenvalue weighted by atomic mass is 35.5. The number of aromatic nitrogens is 3. The lowest BCUT2D eigenvalue weighted by Crippen LogP contribution is -2.57. The van der Waals surface area contributed by atoms with E-state index >= 15 is 0 Å². The van der Waals surface area contributed by atoms with Crippen LogP contribution >= 0.6 is 22.9 Å². The third-order valence-corrected chi connectivity index (χ3v) is 10.4. The minimum atomic E-state index is -0.966. The molecule has 0 radical (unpaired) electrons. The third kappa shape index (κ3) is 7.09. The molecule has 13 nitrogen and oxygen atoms in total. The maximum atomic E-state index is 14.1. The first kappa shape index (κ1) is 34.0. The van der Waals surface area contributed by atoms with Gasteiger partial charge >= 0.3 is 6.09 Å². The highest BCUT2D eigenvalue weighted by molar-refractivity contribution is 7.18. The number of nitrogens with zero attached hydrogens (tertiary/aromatic N) is 4. The van der Waals surface area contributed by atoms with E-state index in [9.17, 15) is 14.4 Å². The van der Waals surface area contributed by atoms with Gasteiger partial charge in [0.15, 0.2) is 5.01 Å². The van der Waals surface area contributed by atoms with Crippen LogP contribution in [0.4, 0.5) is 9.93 Å². The Labute approximate surface area is 288 Å². The van der Waals surface area contributed by atoms with Crippen LogP contribution in [0.2, 0.25) is 5.02 Å². The van der Waals surface area contributed by atoms with Crippen LogP contribution in [0.15, 0.2) is 18.2 Å². The Kier molecular flexibility index (Phi) is 9.33. The van der Waals surface area contributed by atoms with Crippen LogP contribution < -0.4 is 25.8 Å². The zero-order valence-electron chi connectivity index (χ0n) is 27.9. The fourth-order valence-corrected chi connectivity index (χ4v) is 7.79. The zero-order valence-corrected chi connectivity index (χ0v) is 29.5. The van der Waals surface area contributed by atoms with Crippen molar-refractivity contribution < 1.29 is 28.6 Å². The number of alkyl carbamates (subject to hydrolysis) is 1. The molecule has 0 spiro atoms. The van der Waals surface area contributed by atoms with Crippen molar-refractivity contribution in [1.29, 1.82) is 0 Å². The predicted octanol–water partition coefficient (Wildman–Crippen LogP) is 5.01. The van der Waals surface area contributed by atoms with Gasteiger partial charge in [-0.15, -0.1) is 10.2 Å². The average molecular weight is 700 g/mol. The van der Waals surface area contributed by atoms with Crippen molar-refractivity contribution in [1.82, 2.24) is 25.4 Å². The Bertz CT molecular complexity index is 1720. The number of fused-ring (bicyclic) bond motifs is 2. The molecule has 3 amide bonds. The maximum Gasteiger partial charge on any atom is 0.408 e. The van der Waals surface area contributed by atoms with Crippen LogP contribution in [0.5, 0.6) is 11.5 Å². The Morgan fingerprint density at radius 2 is 1.79 bits per heavy atom. The van der Waals surface area contributed by atoms with E-state index in [-0.39, 0.29) is 25.1 Å². The topological polar surface area (TPSA) is 171 Å². The fourth-order valence-electron chi connectivity index (χ4n) is 6.65. The molecule has 1 aliphatic heterocycles. The average Bonchev–Trinajstić information content (AvgIpc) is 3.35. The van der Waals surface area contributed by atoms with E-state index < -0.39 is 41.5 Å². The molecule has 2 unspecified atom stereocenters. The van der Waals surface area contributed by atoms with Crippen LogP contribution in [0.3, 0.4) is 0 Å². The molecule has 3 heterocycles. The summed E-state index contributed by atoms with van der Waals surface area (Å²) in [7, 11) is 1.52. The first-order valence-corrected chi connectivity index (χ1v) is 17.4. The number of hydrogen-bond donors (Lipinski definition) is 3. The minimum absolute atomic E-state index is 0.0615. The van der Waals surface area contributed by atoms with Crippen LogP contribution in [0.25, 0.3) is 21.6 Å². The van der Waals surface area contributed by atoms with Gasteiger partial charge in [0.05, 0.1) is 19.2 Å². The second-order valence-electron chi connectivity index (χ2n) is 14.3. The summed E-state index contributed by atoms with van der Waals surface area (Å²) in [5.41, 5.74) is 6.06. The summed E-state index contributed by atoms with van der Waals surface area (Å²) in [4.78, 5) is 46.0. The molecule has 2 saturated carbocycles. The van der Waals surface area contributed by atoms with Crippen molar-refractivity contribution in [2.24, 2.45) is 23.0 Å². The van der Waals surface area contributed by atoms with Gasteiger partial charge in [-0.1, -0.05) is 43.7 Å². The van der Waals surface area contributed by atoms with Crippen LogP contribution in [-0.4, -0.2) is 82.0 Å². The van der Waals surface area contributed by atoms with Crippen molar-refractivity contribution in [3.63, 3.8) is 0 Å². The number of anilines is 1. The standard InChI is InChI=1S/C33H42ClN7O6S/c1-15(2)36-31-40-39-29(48-31)21-13-24(20-7-8-23(45-6)25(34)26(20)37-21)46-19-12-22(28(35)42)41(14-19)30(43)27(33(3,4)5)38-32(44)47-18-10-16-9-17(16)11-18/h7-8,13,15-19,22,27H,9-12,14H2,1-6H3,(H2,35,42)(H,36,40)(H,38,44)/t16-,17+,18?,19?,22-,27+/m0/s1. The van der Waals surface area contributed by atoms with Crippen molar-refractivity contribution in [2.75, 3.05) is 19.0 Å². The summed E-state index contributed by atoms with van der Waals surface area (Å²) in [6.45, 7) is 9.62. The van der Waals surface area contributed by atoms with E-state index in [1.165, 1.54) is 29.8 Å². The largest absolute Gasteiger partial charge is 0.495 e. The molecule has 6 atom stereocenters. The van der Waals surface area contributed by atoms with Crippen molar-refractivity contribution in [3.05, 3.63) is 23.2 Å². The van der Waals surface area contributed by atoms with Crippen molar-refractivity contribution in [2.45, 2.75) is 90.6 Å². The van der Waals surface area contributed by atoms with E-state index in [1.54, 1.807) is 18.2 Å². The number of pyridine rings is 1. The number of nitrogens with one attached hydrogen (secondary N) is 2. The Morgan fingerprint density at radius 1 is 1.06 bits per heavy atom. The molecular formula is C33H42ClN7O6S. The molecule has 15 heteroatoms. The number of methoxy groups -OCH3 is 1. The monoisotopic (exact) mass is 699 g/mol. The Hall–Kier alpha value is -3.91. The number of carbonyl (C=O) groups excluding carboxylic acids is 3. The Morgan fingerprint density at radius 3 is 2.44 bits per heavy atom. The molecular weight excluding hydrogens is 658 g/mol. The number of benzene rings is 1. The molecule has 4 N–H and O–H groups in total. The zero-order chi connectivity index (χ0) is 34.5. The number of carbonyl (C=O) groups is 3. The summed E-state index contributed by atoms with van der Waals surface area (Å²) < 4.78 is 17.7. The molecule has 48 heavy (non-hydrogen) atoms. The number of hydrogen-bond acceptors (Lipinski definition) is 11. The van der Waals surface area contributed by atoms with Gasteiger partial charge < -0.3 is 35.5 Å². The first-order valence-electron chi connectivity index (χ1n) is 16.2. The van der Waals surface area contributed by atoms with Crippen LogP contribution in [-0.2, 0) is 14.3 Å². The van der Waals surface area contributed by atoms with Gasteiger partial charge in [0.1, 0.15) is 46.5 Å². The van der Waals surface area contributed by atoms with Gasteiger partial charge in [0, 0.05) is 23.9 Å². The van der Waals surface area contributed by atoms with Gasteiger partial charge in [-0.25, -0.2) is 9.78 Å². The Balaban J connectivity index is 1.26. The van der Waals surface area contributed by atoms with E-state index in [0.717, 1.165) is 12.8 Å². The summed E-state index contributed by atoms with van der Waals surface area (Å²) in [5, 5.41) is 16.7. The number of halogens is 1. The molecule has 3 aromatic rings. The molecule has 2 aliphatic carbocycles. The lowest BCUT2D eigenvalue weighted by atomic mass is 9.85. The third-order valence-electron chi connectivity index (χ3n) is 9.14. The highest BCUT2D eigenvalue weighted by Gasteiger charge is 2.48. The quantitative estimate of drug-likeness (QED) is 0.261. The normalized spacial score (nSPS) is 23.9. The molecule has 3 aliphatic rings. The molecule has 2 aromatic heterocycles. The first-order chi connectivity index (χ1) is 22.7. The smallest absolute Gasteiger partial charge is 0.408 e. The van der Waals surface area contributed by atoms with Crippen molar-refractivity contribution in [3.8, 4) is 22.2 Å². The molecule has 0 bridgehead atoms. The second kappa shape index (κ2) is 13.2. The van der Waals surface area contributed by atoms with E-state index in [0.29, 0.717) is 55.1 Å². The molecule has 3 fully saturated rings. The van der Waals surface area contributed by atoms with E-state index in [1.807, 2.05) is 34.6 Å². The number of primary amides is 1. The van der Waals surface area contributed by atoms with E-state index in [4.69, 9.17) is 36.5 Å². The summed E-state index contributed by atoms with van der Waals surface area (Å²) >= 11 is 8.06. The lowest BCUT2D eigenvalue weighted by molar-refractivity contribution is -0.141. The number of likely N-dealkylation sites (tertiary alicyclic amines) is 1. The van der Waals surface area contributed by atoms with Gasteiger partial charge in [-0.05, 0) is 62.5 Å². The predicted molar refractivity (Wildman–Crippen MR) is 182 cm³/mol. The SMILES string of the molecule is COc1ccc2c(OC3C[C@@H](C(N)=O)N(C(=O)[C@@H](NC(=O)OC4C[C@@H]5C[C@@H]5C4)C(C)(C)C)C3)cc(-c3nnc(NC(C)C)s3)nc2c1Cl. The maximum absolute atomic E-state index is 14.1. The number of amides is 3. The minimum Gasteiger partial charge on any atom is -0.495 e. The van der Waals surface area contributed by atoms with Gasteiger partial charge in [0.25, 0.3) is 0 Å². The van der Waals surface area contributed by atoms with Gasteiger partial charge in [-0.3, -0.25) is 9.59 Å². The molecule has 258 valence electrons. The lowest BCUT2D eigenvalue weighted by Gasteiger charge is -2.35. The van der Waals surface area contributed by atoms with Crippen LogP contribution in [0, 0.1) is 17.3 Å². The number of rotatable bonds is 10. The number of nitrogens with two attached hydrogens (primary N) is 1. The summed E-state index contributed by atoms with van der Waals surface area (Å²) in [5.74, 6) is 1.06. The van der Waals surface area contributed by atoms with Crippen molar-refractivity contribution >= 4 is 56.9 Å². The summed E-state index contributed by atoms with van der Waals surface area (Å²) in [6.07, 6.45) is 1.68. The molecule has 1 aromatic carbocycles.